The molecule has 0 amide bonds. The summed E-state index contributed by atoms with van der Waals surface area (Å²) in [6.45, 7) is 8.23. The minimum Gasteiger partial charge on any atom is -0.367 e. The molecule has 0 aliphatic heterocycles. The van der Waals surface area contributed by atoms with Gasteiger partial charge in [-0.15, -0.1) is 6.58 Å². The molecule has 0 unspecified atom stereocenters. The van der Waals surface area contributed by atoms with Crippen LogP contribution in [0.2, 0.25) is 0 Å². The van der Waals surface area contributed by atoms with Gasteiger partial charge in [-0.05, 0) is 30.9 Å². The maximum absolute atomic E-state index is 6.55. The second-order valence-electron chi connectivity index (χ2n) is 6.00. The molecule has 0 aliphatic rings. The Morgan fingerprint density at radius 3 is 2.18 bits per heavy atom. The Balaban J connectivity index is 2.24. The van der Waals surface area contributed by atoms with Crippen molar-refractivity contribution in [2.24, 2.45) is 0 Å². The van der Waals surface area contributed by atoms with Crippen LogP contribution >= 0.6 is 0 Å². The molecule has 1 nitrogen and oxygen atoms in total. The van der Waals surface area contributed by atoms with Gasteiger partial charge in [0.2, 0.25) is 0 Å². The highest BCUT2D eigenvalue weighted by molar-refractivity contribution is 5.22. The van der Waals surface area contributed by atoms with Gasteiger partial charge in [0.15, 0.2) is 0 Å². The summed E-state index contributed by atoms with van der Waals surface area (Å²) in [5.41, 5.74) is 2.36. The minimum atomic E-state index is -0.170. The summed E-state index contributed by atoms with van der Waals surface area (Å²) in [5.74, 6) is 0. The lowest BCUT2D eigenvalue weighted by molar-refractivity contribution is -0.0851. The quantitative estimate of drug-likeness (QED) is 0.565. The van der Waals surface area contributed by atoms with Crippen molar-refractivity contribution in [2.45, 2.75) is 44.8 Å². The molecule has 0 bridgehead atoms. The Bertz CT molecular complexity index is 561. The maximum Gasteiger partial charge on any atom is 0.0872 e. The first-order valence-corrected chi connectivity index (χ1v) is 8.04. The molecule has 116 valence electrons. The highest BCUT2D eigenvalue weighted by Gasteiger charge is 2.26. The van der Waals surface area contributed by atoms with Gasteiger partial charge in [0.25, 0.3) is 0 Å². The molecule has 22 heavy (non-hydrogen) atoms. The average Bonchev–Trinajstić information content (AvgIpc) is 2.56. The molecular formula is C21H26O. The lowest BCUT2D eigenvalue weighted by atomic mass is 9.95. The summed E-state index contributed by atoms with van der Waals surface area (Å²) in [7, 11) is 0. The normalized spacial score (nSPS) is 15.0. The topological polar surface area (TPSA) is 9.23 Å². The third kappa shape index (κ3) is 4.57. The zero-order valence-electron chi connectivity index (χ0n) is 13.7. The van der Waals surface area contributed by atoms with Gasteiger partial charge in [0, 0.05) is 6.42 Å². The SMILES string of the molecule is C=CC[C@](C)(CC)O[C@@H](Cc1ccccc1)c1ccccc1. The van der Waals surface area contributed by atoms with Crippen LogP contribution in [0.1, 0.15) is 43.9 Å². The predicted molar refractivity (Wildman–Crippen MR) is 93.9 cm³/mol. The number of hydrogen-bond acceptors (Lipinski definition) is 1. The standard InChI is InChI=1S/C21H26O/c1-4-16-21(3,5-2)22-20(19-14-10-7-11-15-19)17-18-12-8-6-9-13-18/h4,6-15,20H,1,5,16-17H2,2-3H3/t20-,21-/m0/s1. The first-order chi connectivity index (χ1) is 10.7. The van der Waals surface area contributed by atoms with Crippen molar-refractivity contribution < 1.29 is 4.74 Å². The zero-order valence-corrected chi connectivity index (χ0v) is 13.7. The van der Waals surface area contributed by atoms with Gasteiger partial charge in [-0.1, -0.05) is 73.7 Å². The van der Waals surface area contributed by atoms with Crippen LogP contribution in [0, 0.1) is 0 Å². The Morgan fingerprint density at radius 1 is 1.05 bits per heavy atom. The van der Waals surface area contributed by atoms with Crippen molar-refractivity contribution in [3.63, 3.8) is 0 Å². The first-order valence-electron chi connectivity index (χ1n) is 8.04. The van der Waals surface area contributed by atoms with Crippen molar-refractivity contribution in [1.29, 1.82) is 0 Å². The van der Waals surface area contributed by atoms with Crippen molar-refractivity contribution in [3.05, 3.63) is 84.4 Å². The molecule has 2 aromatic rings. The van der Waals surface area contributed by atoms with Crippen LogP contribution in [0.4, 0.5) is 0 Å². The molecule has 2 aromatic carbocycles. The summed E-state index contributed by atoms with van der Waals surface area (Å²) in [6, 6.07) is 21.0. The molecule has 0 spiro atoms. The number of ether oxygens (including phenoxy) is 1. The number of hydrogen-bond donors (Lipinski definition) is 0. The largest absolute Gasteiger partial charge is 0.367 e. The van der Waals surface area contributed by atoms with E-state index in [0.29, 0.717) is 0 Å². The van der Waals surface area contributed by atoms with Crippen LogP contribution in [0.25, 0.3) is 0 Å². The Kier molecular flexibility index (Phi) is 5.97. The van der Waals surface area contributed by atoms with E-state index in [1.807, 2.05) is 12.1 Å². The molecule has 0 aliphatic carbocycles. The first kappa shape index (κ1) is 16.5. The summed E-state index contributed by atoms with van der Waals surface area (Å²) in [4.78, 5) is 0. The molecule has 0 fully saturated rings. The van der Waals surface area contributed by atoms with E-state index in [9.17, 15) is 0 Å². The molecule has 2 rings (SSSR count). The molecule has 0 radical (unpaired) electrons. The highest BCUT2D eigenvalue weighted by Crippen LogP contribution is 2.31. The van der Waals surface area contributed by atoms with Crippen LogP contribution < -0.4 is 0 Å². The number of benzene rings is 2. The van der Waals surface area contributed by atoms with E-state index in [0.717, 1.165) is 19.3 Å². The van der Waals surface area contributed by atoms with Crippen LogP contribution in [0.3, 0.4) is 0 Å². The molecule has 2 atom stereocenters. The number of rotatable bonds is 8. The van der Waals surface area contributed by atoms with Crippen LogP contribution in [0.5, 0.6) is 0 Å². The molecule has 0 saturated heterocycles. The predicted octanol–water partition coefficient (Wildman–Crippen LogP) is 5.73. The fourth-order valence-electron chi connectivity index (χ4n) is 2.65. The molecular weight excluding hydrogens is 268 g/mol. The lowest BCUT2D eigenvalue weighted by Crippen LogP contribution is -2.30. The van der Waals surface area contributed by atoms with Crippen molar-refractivity contribution in [3.8, 4) is 0 Å². The summed E-state index contributed by atoms with van der Waals surface area (Å²) in [5, 5.41) is 0. The molecule has 1 heteroatoms. The van der Waals surface area contributed by atoms with E-state index in [1.54, 1.807) is 0 Å². The van der Waals surface area contributed by atoms with E-state index >= 15 is 0 Å². The molecule has 0 heterocycles. The van der Waals surface area contributed by atoms with E-state index in [-0.39, 0.29) is 11.7 Å². The van der Waals surface area contributed by atoms with Crippen molar-refractivity contribution in [1.82, 2.24) is 0 Å². The summed E-state index contributed by atoms with van der Waals surface area (Å²) in [6.07, 6.45) is 4.73. The fourth-order valence-corrected chi connectivity index (χ4v) is 2.65. The summed E-state index contributed by atoms with van der Waals surface area (Å²) >= 11 is 0. The van der Waals surface area contributed by atoms with Crippen LogP contribution in [0.15, 0.2) is 73.3 Å². The summed E-state index contributed by atoms with van der Waals surface area (Å²) < 4.78 is 6.55. The zero-order chi connectivity index (χ0) is 15.8. The van der Waals surface area contributed by atoms with E-state index < -0.39 is 0 Å². The third-order valence-electron chi connectivity index (χ3n) is 4.19. The van der Waals surface area contributed by atoms with Gasteiger partial charge in [-0.2, -0.15) is 0 Å². The average molecular weight is 294 g/mol. The smallest absolute Gasteiger partial charge is 0.0872 e. The third-order valence-corrected chi connectivity index (χ3v) is 4.19. The second kappa shape index (κ2) is 7.95. The molecule has 0 aromatic heterocycles. The molecule has 0 saturated carbocycles. The van der Waals surface area contributed by atoms with Gasteiger partial charge in [-0.25, -0.2) is 0 Å². The van der Waals surface area contributed by atoms with Gasteiger partial charge in [-0.3, -0.25) is 0 Å². The maximum atomic E-state index is 6.55. The Labute approximate surface area is 134 Å². The van der Waals surface area contributed by atoms with E-state index in [1.165, 1.54) is 11.1 Å². The Hall–Kier alpha value is -1.86. The van der Waals surface area contributed by atoms with Gasteiger partial charge in [0.05, 0.1) is 11.7 Å². The van der Waals surface area contributed by atoms with Crippen LogP contribution in [-0.2, 0) is 11.2 Å². The second-order valence-corrected chi connectivity index (χ2v) is 6.00. The van der Waals surface area contributed by atoms with Gasteiger partial charge >= 0.3 is 0 Å². The van der Waals surface area contributed by atoms with Gasteiger partial charge in [0.1, 0.15) is 0 Å². The van der Waals surface area contributed by atoms with Gasteiger partial charge < -0.3 is 4.74 Å². The van der Waals surface area contributed by atoms with E-state index in [2.05, 4.69) is 75.0 Å². The van der Waals surface area contributed by atoms with Crippen molar-refractivity contribution >= 4 is 0 Å². The van der Waals surface area contributed by atoms with Crippen LogP contribution in [-0.4, -0.2) is 5.60 Å². The van der Waals surface area contributed by atoms with E-state index in [4.69, 9.17) is 4.74 Å². The van der Waals surface area contributed by atoms with Crippen molar-refractivity contribution in [2.75, 3.05) is 0 Å². The monoisotopic (exact) mass is 294 g/mol. The molecule has 0 N–H and O–H groups in total. The fraction of sp³-hybridized carbons (Fsp3) is 0.333. The lowest BCUT2D eigenvalue weighted by Gasteiger charge is -2.33. The highest BCUT2D eigenvalue weighted by atomic mass is 16.5. The Morgan fingerprint density at radius 2 is 1.64 bits per heavy atom. The minimum absolute atomic E-state index is 0.0634.